The summed E-state index contributed by atoms with van der Waals surface area (Å²) in [7, 11) is 3.75. The Balaban J connectivity index is 1.54. The van der Waals surface area contributed by atoms with Crippen LogP contribution in [-0.2, 0) is 0 Å². The molecule has 1 aromatic carbocycles. The monoisotopic (exact) mass is 427 g/mol. The summed E-state index contributed by atoms with van der Waals surface area (Å²) >= 11 is 0. The second-order valence-corrected chi connectivity index (χ2v) is 8.11. The number of nitro groups is 1. The standard InChI is InChI=1S/C21H29N7O3/c1-26-9-11-27(12-10-26)16-7-8-17(19(13-16)31-2)24-21-22-14-18(28(29)30)20(25-21)23-15-5-3-4-6-15/h7-8,13-15H,3-6,9-12H2,1-2H3,(H2,22,23,24,25). The van der Waals surface area contributed by atoms with Crippen LogP contribution in [0.3, 0.4) is 0 Å². The molecule has 2 heterocycles. The summed E-state index contributed by atoms with van der Waals surface area (Å²) in [6.07, 6.45) is 5.48. The SMILES string of the molecule is COc1cc(N2CCN(C)CC2)ccc1Nc1ncc([N+](=O)[O-])c(NC2CCCC2)n1. The predicted octanol–water partition coefficient (Wildman–Crippen LogP) is 3.24. The largest absolute Gasteiger partial charge is 0.494 e. The first kappa shape index (κ1) is 21.1. The maximum absolute atomic E-state index is 11.4. The second-order valence-electron chi connectivity index (χ2n) is 8.11. The van der Waals surface area contributed by atoms with Gasteiger partial charge in [0.1, 0.15) is 11.9 Å². The van der Waals surface area contributed by atoms with Gasteiger partial charge in [0, 0.05) is 44.0 Å². The third-order valence-electron chi connectivity index (χ3n) is 5.96. The van der Waals surface area contributed by atoms with Crippen molar-refractivity contribution in [3.8, 4) is 5.75 Å². The van der Waals surface area contributed by atoms with Crippen molar-refractivity contribution in [1.29, 1.82) is 0 Å². The van der Waals surface area contributed by atoms with E-state index in [2.05, 4.69) is 37.4 Å². The molecule has 2 aromatic rings. The molecule has 1 aliphatic heterocycles. The first-order valence-corrected chi connectivity index (χ1v) is 10.7. The summed E-state index contributed by atoms with van der Waals surface area (Å²) in [6.45, 7) is 3.98. The molecule has 0 amide bonds. The normalized spacial score (nSPS) is 17.5. The van der Waals surface area contributed by atoms with Crippen molar-refractivity contribution in [1.82, 2.24) is 14.9 Å². The first-order valence-electron chi connectivity index (χ1n) is 10.7. The fourth-order valence-corrected chi connectivity index (χ4v) is 4.10. The van der Waals surface area contributed by atoms with Crippen LogP contribution in [0.2, 0.25) is 0 Å². The lowest BCUT2D eigenvalue weighted by Gasteiger charge is -2.34. The number of ether oxygens (including phenoxy) is 1. The molecule has 1 saturated heterocycles. The van der Waals surface area contributed by atoms with Crippen LogP contribution >= 0.6 is 0 Å². The van der Waals surface area contributed by atoms with Crippen molar-refractivity contribution in [2.45, 2.75) is 31.7 Å². The molecule has 0 spiro atoms. The lowest BCUT2D eigenvalue weighted by Crippen LogP contribution is -2.44. The highest BCUT2D eigenvalue weighted by Gasteiger charge is 2.23. The summed E-state index contributed by atoms with van der Waals surface area (Å²) in [5, 5.41) is 17.8. The molecule has 1 aromatic heterocycles. The minimum absolute atomic E-state index is 0.116. The highest BCUT2D eigenvalue weighted by Crippen LogP contribution is 2.33. The van der Waals surface area contributed by atoms with Crippen LogP contribution < -0.4 is 20.3 Å². The van der Waals surface area contributed by atoms with E-state index >= 15 is 0 Å². The average molecular weight is 428 g/mol. The van der Waals surface area contributed by atoms with E-state index in [0.717, 1.165) is 57.5 Å². The van der Waals surface area contributed by atoms with Gasteiger partial charge in [-0.15, -0.1) is 0 Å². The quantitative estimate of drug-likeness (QED) is 0.508. The number of rotatable bonds is 7. The van der Waals surface area contributed by atoms with Gasteiger partial charge in [0.2, 0.25) is 11.8 Å². The summed E-state index contributed by atoms with van der Waals surface area (Å²) < 4.78 is 5.59. The molecule has 1 saturated carbocycles. The Morgan fingerprint density at radius 2 is 1.94 bits per heavy atom. The van der Waals surface area contributed by atoms with Crippen molar-refractivity contribution >= 4 is 28.8 Å². The Hall–Kier alpha value is -3.14. The highest BCUT2D eigenvalue weighted by atomic mass is 16.6. The number of benzene rings is 1. The number of hydrogen-bond donors (Lipinski definition) is 2. The minimum atomic E-state index is -0.452. The van der Waals surface area contributed by atoms with E-state index in [1.807, 2.05) is 18.2 Å². The number of anilines is 4. The minimum Gasteiger partial charge on any atom is -0.494 e. The maximum Gasteiger partial charge on any atom is 0.329 e. The van der Waals surface area contributed by atoms with Gasteiger partial charge in [0.25, 0.3) is 0 Å². The number of aromatic nitrogens is 2. The predicted molar refractivity (Wildman–Crippen MR) is 121 cm³/mol. The molecule has 31 heavy (non-hydrogen) atoms. The zero-order valence-corrected chi connectivity index (χ0v) is 18.0. The number of hydrogen-bond acceptors (Lipinski definition) is 9. The molecular weight excluding hydrogens is 398 g/mol. The van der Waals surface area contributed by atoms with Gasteiger partial charge in [0.15, 0.2) is 0 Å². The van der Waals surface area contributed by atoms with Crippen LogP contribution in [-0.4, -0.2) is 66.2 Å². The van der Waals surface area contributed by atoms with Crippen LogP contribution in [0.25, 0.3) is 0 Å². The van der Waals surface area contributed by atoms with E-state index in [0.29, 0.717) is 11.4 Å². The molecule has 2 aliphatic rings. The van der Waals surface area contributed by atoms with Crippen molar-refractivity contribution in [2.24, 2.45) is 0 Å². The van der Waals surface area contributed by atoms with Gasteiger partial charge in [-0.25, -0.2) is 4.98 Å². The van der Waals surface area contributed by atoms with Gasteiger partial charge in [-0.3, -0.25) is 10.1 Å². The van der Waals surface area contributed by atoms with Gasteiger partial charge >= 0.3 is 5.69 Å². The summed E-state index contributed by atoms with van der Waals surface area (Å²) in [5.41, 5.74) is 1.69. The molecule has 0 atom stereocenters. The molecule has 1 aliphatic carbocycles. The van der Waals surface area contributed by atoms with Crippen LogP contribution in [0.5, 0.6) is 5.75 Å². The Labute approximate surface area is 181 Å². The molecule has 10 heteroatoms. The van der Waals surface area contributed by atoms with E-state index in [-0.39, 0.29) is 23.5 Å². The van der Waals surface area contributed by atoms with Crippen molar-refractivity contribution in [3.05, 3.63) is 34.5 Å². The van der Waals surface area contributed by atoms with E-state index in [1.165, 1.54) is 6.20 Å². The third-order valence-corrected chi connectivity index (χ3v) is 5.96. The number of methoxy groups -OCH3 is 1. The molecule has 0 unspecified atom stereocenters. The Morgan fingerprint density at radius 3 is 2.61 bits per heavy atom. The molecule has 2 fully saturated rings. The van der Waals surface area contributed by atoms with Gasteiger partial charge in [-0.2, -0.15) is 4.98 Å². The van der Waals surface area contributed by atoms with Crippen molar-refractivity contribution in [2.75, 3.05) is 55.9 Å². The Morgan fingerprint density at radius 1 is 1.19 bits per heavy atom. The Bertz CT molecular complexity index is 925. The molecule has 2 N–H and O–H groups in total. The van der Waals surface area contributed by atoms with E-state index < -0.39 is 4.92 Å². The van der Waals surface area contributed by atoms with Crippen LogP contribution in [0.1, 0.15) is 25.7 Å². The molecule has 4 rings (SSSR count). The van der Waals surface area contributed by atoms with Gasteiger partial charge in [0.05, 0.1) is 17.7 Å². The fraction of sp³-hybridized carbons (Fsp3) is 0.524. The van der Waals surface area contributed by atoms with E-state index in [9.17, 15) is 10.1 Å². The summed E-state index contributed by atoms with van der Waals surface area (Å²) in [6, 6.07) is 6.18. The van der Waals surface area contributed by atoms with Crippen LogP contribution in [0.4, 0.5) is 28.8 Å². The zero-order chi connectivity index (χ0) is 21.8. The van der Waals surface area contributed by atoms with E-state index in [1.54, 1.807) is 7.11 Å². The molecule has 0 radical (unpaired) electrons. The molecule has 0 bridgehead atoms. The zero-order valence-electron chi connectivity index (χ0n) is 18.0. The molecule has 10 nitrogen and oxygen atoms in total. The summed E-state index contributed by atoms with van der Waals surface area (Å²) in [5.74, 6) is 1.21. The van der Waals surface area contributed by atoms with Gasteiger partial charge < -0.3 is 25.2 Å². The number of piperazine rings is 1. The third kappa shape index (κ3) is 4.96. The smallest absolute Gasteiger partial charge is 0.329 e. The fourth-order valence-electron chi connectivity index (χ4n) is 4.10. The number of nitrogens with zero attached hydrogens (tertiary/aromatic N) is 5. The summed E-state index contributed by atoms with van der Waals surface area (Å²) in [4.78, 5) is 24.2. The van der Waals surface area contributed by atoms with Gasteiger partial charge in [-0.05, 0) is 32.0 Å². The Kier molecular flexibility index (Phi) is 6.36. The average Bonchev–Trinajstić information content (AvgIpc) is 3.28. The molecular formula is C21H29N7O3. The maximum atomic E-state index is 11.4. The molecule has 166 valence electrons. The lowest BCUT2D eigenvalue weighted by atomic mass is 10.2. The van der Waals surface area contributed by atoms with Crippen LogP contribution in [0.15, 0.2) is 24.4 Å². The topological polar surface area (TPSA) is 109 Å². The highest BCUT2D eigenvalue weighted by molar-refractivity contribution is 5.69. The van der Waals surface area contributed by atoms with E-state index in [4.69, 9.17) is 4.74 Å². The first-order chi connectivity index (χ1) is 15.0. The van der Waals surface area contributed by atoms with Crippen molar-refractivity contribution < 1.29 is 9.66 Å². The van der Waals surface area contributed by atoms with Crippen LogP contribution in [0, 0.1) is 10.1 Å². The number of likely N-dealkylation sites (N-methyl/N-ethyl adjacent to an activating group) is 1. The van der Waals surface area contributed by atoms with Gasteiger partial charge in [-0.1, -0.05) is 12.8 Å². The second kappa shape index (κ2) is 9.34. The lowest BCUT2D eigenvalue weighted by molar-refractivity contribution is -0.384. The van der Waals surface area contributed by atoms with Crippen molar-refractivity contribution in [3.63, 3.8) is 0 Å². The number of nitrogens with one attached hydrogen (secondary N) is 2.